The molecule has 12 heteroatoms. The number of thiophene rings is 1. The van der Waals surface area contributed by atoms with Crippen molar-refractivity contribution >= 4 is 45.4 Å². The first kappa shape index (κ1) is 26.7. The zero-order valence-corrected chi connectivity index (χ0v) is 21.8. The van der Waals surface area contributed by atoms with E-state index in [-0.39, 0.29) is 12.2 Å². The Bertz CT molecular complexity index is 994. The van der Waals surface area contributed by atoms with Crippen LogP contribution in [0.1, 0.15) is 40.0 Å². The van der Waals surface area contributed by atoms with E-state index in [0.717, 1.165) is 41.8 Å². The summed E-state index contributed by atoms with van der Waals surface area (Å²) >= 11 is 1.62. The maximum Gasteiger partial charge on any atom is 0.407 e. The van der Waals surface area contributed by atoms with Crippen molar-refractivity contribution in [3.63, 3.8) is 0 Å². The van der Waals surface area contributed by atoms with E-state index >= 15 is 0 Å². The second kappa shape index (κ2) is 12.2. The van der Waals surface area contributed by atoms with E-state index in [1.807, 2.05) is 39.3 Å². The van der Waals surface area contributed by atoms with Gasteiger partial charge in [0.05, 0.1) is 29.5 Å². The van der Waals surface area contributed by atoms with Gasteiger partial charge in [-0.1, -0.05) is 0 Å². The lowest BCUT2D eigenvalue weighted by molar-refractivity contribution is -0.00521. The number of primary amides is 1. The Morgan fingerprint density at radius 2 is 2.11 bits per heavy atom. The summed E-state index contributed by atoms with van der Waals surface area (Å²) in [5.74, 6) is 1.40. The highest BCUT2D eigenvalue weighted by molar-refractivity contribution is 7.17. The van der Waals surface area contributed by atoms with Crippen molar-refractivity contribution in [2.24, 2.45) is 5.73 Å². The van der Waals surface area contributed by atoms with Crippen molar-refractivity contribution in [2.45, 2.75) is 51.7 Å². The Labute approximate surface area is 210 Å². The number of urea groups is 1. The molecule has 2 aromatic heterocycles. The first-order valence-corrected chi connectivity index (χ1v) is 12.8. The number of alkyl carbamates (subject to hydrolysis) is 1. The number of aromatic nitrogens is 2. The Balaban J connectivity index is 1.48. The third kappa shape index (κ3) is 8.39. The van der Waals surface area contributed by atoms with E-state index in [4.69, 9.17) is 20.2 Å². The van der Waals surface area contributed by atoms with Crippen LogP contribution in [-0.4, -0.2) is 85.1 Å². The van der Waals surface area contributed by atoms with Gasteiger partial charge in [-0.15, -0.1) is 11.3 Å². The molecule has 0 radical (unpaired) electrons. The molecule has 0 spiro atoms. The Hall–Kier alpha value is -2.86. The zero-order chi connectivity index (χ0) is 25.4. The van der Waals surface area contributed by atoms with Crippen LogP contribution in [0, 0.1) is 0 Å². The average Bonchev–Trinajstić information content (AvgIpc) is 3.27. The first-order chi connectivity index (χ1) is 16.6. The van der Waals surface area contributed by atoms with Gasteiger partial charge in [0.15, 0.2) is 5.82 Å². The van der Waals surface area contributed by atoms with Crippen LogP contribution in [0.5, 0.6) is 0 Å². The maximum absolute atomic E-state index is 11.7. The number of ether oxygens (including phenoxy) is 2. The lowest BCUT2D eigenvalue weighted by atomic mass is 10.2. The molecule has 2 aromatic rings. The highest BCUT2D eigenvalue weighted by Crippen LogP contribution is 2.29. The number of unbranched alkanes of at least 4 members (excludes halogenated alkanes) is 2. The molecule has 0 bridgehead atoms. The monoisotopic (exact) mass is 507 g/mol. The van der Waals surface area contributed by atoms with E-state index in [2.05, 4.69) is 20.5 Å². The van der Waals surface area contributed by atoms with Gasteiger partial charge >= 0.3 is 12.1 Å². The third-order valence-electron chi connectivity index (χ3n) is 5.42. The number of amides is 3. The summed E-state index contributed by atoms with van der Waals surface area (Å²) in [5, 5.41) is 8.07. The van der Waals surface area contributed by atoms with E-state index < -0.39 is 11.6 Å². The van der Waals surface area contributed by atoms with Gasteiger partial charge in [0.25, 0.3) is 0 Å². The number of fused-ring (bicyclic) bond motifs is 1. The second-order valence-corrected chi connectivity index (χ2v) is 10.5. The summed E-state index contributed by atoms with van der Waals surface area (Å²) < 4.78 is 12.0. The predicted molar refractivity (Wildman–Crippen MR) is 138 cm³/mol. The highest BCUT2D eigenvalue weighted by Gasteiger charge is 2.23. The van der Waals surface area contributed by atoms with Gasteiger partial charge in [-0.25, -0.2) is 14.6 Å². The van der Waals surface area contributed by atoms with Gasteiger partial charge in [-0.05, 0) is 51.5 Å². The number of morpholine rings is 1. The normalized spacial score (nSPS) is 16.2. The van der Waals surface area contributed by atoms with Crippen LogP contribution in [0.4, 0.5) is 21.4 Å². The molecular formula is C23H37N7O4S. The molecule has 1 unspecified atom stereocenters. The van der Waals surface area contributed by atoms with Crippen LogP contribution in [0.15, 0.2) is 11.4 Å². The minimum absolute atomic E-state index is 0.173. The summed E-state index contributed by atoms with van der Waals surface area (Å²) in [5.41, 5.74) is 5.80. The van der Waals surface area contributed by atoms with E-state index in [1.54, 1.807) is 16.2 Å². The molecule has 3 heterocycles. The number of rotatable bonds is 10. The third-order valence-corrected chi connectivity index (χ3v) is 6.32. The van der Waals surface area contributed by atoms with Crippen LogP contribution >= 0.6 is 11.3 Å². The van der Waals surface area contributed by atoms with E-state index in [0.29, 0.717) is 38.7 Å². The summed E-state index contributed by atoms with van der Waals surface area (Å²) in [6.45, 7) is 8.86. The molecule has 11 nitrogen and oxygen atoms in total. The summed E-state index contributed by atoms with van der Waals surface area (Å²) in [4.78, 5) is 36.3. The zero-order valence-electron chi connectivity index (χ0n) is 21.0. The van der Waals surface area contributed by atoms with Crippen LogP contribution < -0.4 is 21.3 Å². The van der Waals surface area contributed by atoms with Crippen LogP contribution in [0.25, 0.3) is 10.2 Å². The predicted octanol–water partition coefficient (Wildman–Crippen LogP) is 3.01. The molecule has 1 aliphatic rings. The van der Waals surface area contributed by atoms with E-state index in [9.17, 15) is 9.59 Å². The molecule has 4 N–H and O–H groups in total. The minimum atomic E-state index is -0.488. The van der Waals surface area contributed by atoms with Gasteiger partial charge in [0.2, 0.25) is 5.95 Å². The molecule has 0 saturated carbocycles. The van der Waals surface area contributed by atoms with Crippen molar-refractivity contribution in [3.05, 3.63) is 11.4 Å². The molecule has 3 rings (SSSR count). The molecule has 1 aliphatic heterocycles. The lowest BCUT2D eigenvalue weighted by Crippen LogP contribution is -2.49. The number of hydrogen-bond acceptors (Lipinski definition) is 9. The van der Waals surface area contributed by atoms with Gasteiger partial charge in [0.1, 0.15) is 5.60 Å². The van der Waals surface area contributed by atoms with Crippen molar-refractivity contribution in [2.75, 3.05) is 56.6 Å². The highest BCUT2D eigenvalue weighted by atomic mass is 32.1. The summed E-state index contributed by atoms with van der Waals surface area (Å²) in [6.07, 6.45) is 2.26. The molecule has 0 aromatic carbocycles. The number of nitrogens with one attached hydrogen (secondary N) is 2. The molecule has 3 amide bonds. The van der Waals surface area contributed by atoms with Gasteiger partial charge in [-0.3, -0.25) is 0 Å². The van der Waals surface area contributed by atoms with Crippen LogP contribution in [0.2, 0.25) is 0 Å². The topological polar surface area (TPSA) is 135 Å². The Morgan fingerprint density at radius 1 is 1.31 bits per heavy atom. The fourth-order valence-corrected chi connectivity index (χ4v) is 4.57. The first-order valence-electron chi connectivity index (χ1n) is 12.0. The van der Waals surface area contributed by atoms with Crippen LogP contribution in [0.3, 0.4) is 0 Å². The summed E-state index contributed by atoms with van der Waals surface area (Å²) in [7, 11) is 2.03. The SMILES string of the molecule is CN(CCCCCNC(=O)OC(C)(C)C)c1nc(NCC2CN(C(N)=O)CCO2)nc2ccsc12. The maximum atomic E-state index is 11.7. The van der Waals surface area contributed by atoms with Crippen molar-refractivity contribution in [1.29, 1.82) is 0 Å². The molecule has 35 heavy (non-hydrogen) atoms. The van der Waals surface area contributed by atoms with Crippen molar-refractivity contribution < 1.29 is 19.1 Å². The smallest absolute Gasteiger partial charge is 0.407 e. The number of nitrogens with zero attached hydrogens (tertiary/aromatic N) is 4. The quantitative estimate of drug-likeness (QED) is 0.418. The van der Waals surface area contributed by atoms with Crippen molar-refractivity contribution in [3.8, 4) is 0 Å². The molecular weight excluding hydrogens is 470 g/mol. The number of carbonyl (C=O) groups excluding carboxylic acids is 2. The number of carbonyl (C=O) groups is 2. The molecule has 1 atom stereocenters. The molecule has 194 valence electrons. The van der Waals surface area contributed by atoms with E-state index in [1.165, 1.54) is 0 Å². The Kier molecular flexibility index (Phi) is 9.33. The average molecular weight is 508 g/mol. The standard InChI is InChI=1S/C23H37N7O4S/c1-23(2,3)34-22(32)25-9-6-5-7-10-29(4)19-18-17(8-13-35-18)27-21(28-19)26-14-16-15-30(20(24)31)11-12-33-16/h8,13,16H,5-7,9-12,14-15H2,1-4H3,(H2,24,31)(H,25,32)(H,26,27,28). The fraction of sp³-hybridized carbons (Fsp3) is 0.652. The Morgan fingerprint density at radius 3 is 2.86 bits per heavy atom. The molecule has 1 saturated heterocycles. The fourth-order valence-electron chi connectivity index (χ4n) is 3.70. The van der Waals surface area contributed by atoms with Crippen LogP contribution in [-0.2, 0) is 9.47 Å². The largest absolute Gasteiger partial charge is 0.444 e. The van der Waals surface area contributed by atoms with Crippen molar-refractivity contribution in [1.82, 2.24) is 20.2 Å². The van der Waals surface area contributed by atoms with Gasteiger partial charge in [0, 0.05) is 33.2 Å². The molecule has 1 fully saturated rings. The summed E-state index contributed by atoms with van der Waals surface area (Å²) in [6, 6.07) is 1.55. The lowest BCUT2D eigenvalue weighted by Gasteiger charge is -2.31. The second-order valence-electron chi connectivity index (χ2n) is 9.57. The van der Waals surface area contributed by atoms with Gasteiger partial charge in [-0.2, -0.15) is 4.98 Å². The minimum Gasteiger partial charge on any atom is -0.444 e. The number of anilines is 2. The molecule has 0 aliphatic carbocycles. The van der Waals surface area contributed by atoms with Gasteiger partial charge < -0.3 is 35.6 Å². The number of nitrogens with two attached hydrogens (primary N) is 1. The number of hydrogen-bond donors (Lipinski definition) is 3.